The van der Waals surface area contributed by atoms with E-state index >= 15 is 0 Å². The lowest BCUT2D eigenvalue weighted by Crippen LogP contribution is -2.43. The van der Waals surface area contributed by atoms with Gasteiger partial charge in [0.05, 0.1) is 11.4 Å². The second-order valence-corrected chi connectivity index (χ2v) is 8.75. The first-order chi connectivity index (χ1) is 14.6. The van der Waals surface area contributed by atoms with Crippen LogP contribution in [-0.2, 0) is 0 Å². The minimum atomic E-state index is -0.311. The van der Waals surface area contributed by atoms with Crippen LogP contribution in [0, 0.1) is 5.82 Å². The number of hydrogen-bond donors (Lipinski definition) is 1. The predicted molar refractivity (Wildman–Crippen MR) is 130 cm³/mol. The summed E-state index contributed by atoms with van der Waals surface area (Å²) in [5.41, 5.74) is 1.97. The van der Waals surface area contributed by atoms with Crippen LogP contribution >= 0.6 is 35.3 Å². The fourth-order valence-electron chi connectivity index (χ4n) is 3.80. The molecule has 0 saturated carbocycles. The van der Waals surface area contributed by atoms with Crippen LogP contribution < -0.4 is 15.8 Å². The fraction of sp³-hybridized carbons (Fsp3) is 0.174. The summed E-state index contributed by atoms with van der Waals surface area (Å²) in [6.07, 6.45) is 1.71. The van der Waals surface area contributed by atoms with Crippen LogP contribution in [0.15, 0.2) is 65.6 Å². The van der Waals surface area contributed by atoms with Crippen LogP contribution in [0.4, 0.5) is 10.1 Å². The number of pyridine rings is 1. The summed E-state index contributed by atoms with van der Waals surface area (Å²) < 4.78 is 17.0. The van der Waals surface area contributed by atoms with Gasteiger partial charge in [-0.1, -0.05) is 23.7 Å². The fourth-order valence-corrected chi connectivity index (χ4v) is 5.01. The molecule has 2 aromatic carbocycles. The highest BCUT2D eigenvalue weighted by Crippen LogP contribution is 2.32. The average molecular weight is 476 g/mol. The Kier molecular flexibility index (Phi) is 6.34. The van der Waals surface area contributed by atoms with E-state index < -0.39 is 0 Å². The van der Waals surface area contributed by atoms with Crippen LogP contribution in [0.5, 0.6) is 0 Å². The standard InChI is InChI=1S/C23H19ClFN3OS.ClH/c24-17-3-1-15(2-4-17)21-13-16-7-10-28(23(29)22(16)30-21)18-5-6-20(19(25)14-18)27-11-8-26-9-12-27;/h1-7,10,13-14,26H,8-9,11-12H2;1H. The Labute approximate surface area is 194 Å². The van der Waals surface area contributed by atoms with Crippen molar-refractivity contribution in [1.82, 2.24) is 9.88 Å². The molecule has 0 amide bonds. The van der Waals surface area contributed by atoms with E-state index in [1.807, 2.05) is 41.3 Å². The van der Waals surface area contributed by atoms with Gasteiger partial charge in [0.1, 0.15) is 10.5 Å². The van der Waals surface area contributed by atoms with Crippen LogP contribution in [0.25, 0.3) is 26.2 Å². The molecule has 5 rings (SSSR count). The normalized spacial score (nSPS) is 13.9. The summed E-state index contributed by atoms with van der Waals surface area (Å²) >= 11 is 7.41. The molecular formula is C23H20Cl2FN3OS. The lowest BCUT2D eigenvalue weighted by molar-refractivity contribution is 0.566. The Balaban J connectivity index is 0.00000231. The van der Waals surface area contributed by atoms with Crippen LogP contribution in [0.3, 0.4) is 0 Å². The molecule has 1 aliphatic rings. The highest BCUT2D eigenvalue weighted by Gasteiger charge is 2.16. The molecule has 4 nitrogen and oxygen atoms in total. The molecule has 0 spiro atoms. The first kappa shape index (κ1) is 21.8. The number of nitrogens with zero attached hydrogens (tertiary/aromatic N) is 2. The number of halogens is 3. The zero-order chi connectivity index (χ0) is 20.7. The number of anilines is 1. The number of fused-ring (bicyclic) bond motifs is 1. The summed E-state index contributed by atoms with van der Waals surface area (Å²) in [6, 6.07) is 16.5. The Bertz CT molecular complexity index is 1280. The van der Waals surface area contributed by atoms with Crippen molar-refractivity contribution in [3.63, 3.8) is 0 Å². The molecule has 4 aromatic rings. The lowest BCUT2D eigenvalue weighted by Gasteiger charge is -2.29. The highest BCUT2D eigenvalue weighted by atomic mass is 35.5. The lowest BCUT2D eigenvalue weighted by atomic mass is 10.2. The number of piperazine rings is 1. The molecule has 1 saturated heterocycles. The van der Waals surface area contributed by atoms with Crippen LogP contribution in [-0.4, -0.2) is 30.7 Å². The number of rotatable bonds is 3. The van der Waals surface area contributed by atoms with Crippen molar-refractivity contribution in [2.24, 2.45) is 0 Å². The molecule has 0 aliphatic carbocycles. The molecule has 2 aromatic heterocycles. The predicted octanol–water partition coefficient (Wildman–Crippen LogP) is 5.34. The summed E-state index contributed by atoms with van der Waals surface area (Å²) in [7, 11) is 0. The Morgan fingerprint density at radius 1 is 1.00 bits per heavy atom. The van der Waals surface area contributed by atoms with E-state index in [0.717, 1.165) is 42.0 Å². The Morgan fingerprint density at radius 2 is 1.74 bits per heavy atom. The summed E-state index contributed by atoms with van der Waals surface area (Å²) in [4.78, 5) is 16.2. The Hall–Kier alpha value is -2.38. The molecule has 0 bridgehead atoms. The maximum absolute atomic E-state index is 14.8. The van der Waals surface area contributed by atoms with Crippen molar-refractivity contribution in [3.05, 3.63) is 82.0 Å². The van der Waals surface area contributed by atoms with E-state index in [9.17, 15) is 9.18 Å². The monoisotopic (exact) mass is 475 g/mol. The van der Waals surface area contributed by atoms with Crippen molar-refractivity contribution in [1.29, 1.82) is 0 Å². The molecular weight excluding hydrogens is 456 g/mol. The first-order valence-corrected chi connectivity index (χ1v) is 11.0. The third kappa shape index (κ3) is 4.21. The van der Waals surface area contributed by atoms with Crippen molar-refractivity contribution in [3.8, 4) is 16.1 Å². The number of benzene rings is 2. The summed E-state index contributed by atoms with van der Waals surface area (Å²) in [5, 5.41) is 4.82. The van der Waals surface area contributed by atoms with E-state index in [2.05, 4.69) is 5.32 Å². The smallest absolute Gasteiger partial charge is 0.273 e. The van der Waals surface area contributed by atoms with Gasteiger partial charge in [-0.15, -0.1) is 23.7 Å². The molecule has 31 heavy (non-hydrogen) atoms. The molecule has 1 aliphatic heterocycles. The highest BCUT2D eigenvalue weighted by molar-refractivity contribution is 7.22. The number of thiophene rings is 1. The third-order valence-electron chi connectivity index (χ3n) is 5.37. The SMILES string of the molecule is Cl.O=c1c2sc(-c3ccc(Cl)cc3)cc2ccn1-c1ccc(N2CCNCC2)c(F)c1. The topological polar surface area (TPSA) is 37.3 Å². The molecule has 1 N–H and O–H groups in total. The summed E-state index contributed by atoms with van der Waals surface area (Å²) in [6.45, 7) is 3.22. The van der Waals surface area contributed by atoms with Crippen molar-refractivity contribution < 1.29 is 4.39 Å². The van der Waals surface area contributed by atoms with Gasteiger partial charge in [-0.2, -0.15) is 0 Å². The second-order valence-electron chi connectivity index (χ2n) is 7.27. The minimum Gasteiger partial charge on any atom is -0.367 e. The second kappa shape index (κ2) is 9.01. The van der Waals surface area contributed by atoms with Gasteiger partial charge in [-0.25, -0.2) is 4.39 Å². The Morgan fingerprint density at radius 3 is 2.45 bits per heavy atom. The number of nitrogens with one attached hydrogen (secondary N) is 1. The molecule has 0 atom stereocenters. The van der Waals surface area contributed by atoms with Gasteiger partial charge in [0.2, 0.25) is 0 Å². The minimum absolute atomic E-state index is 0. The zero-order valence-corrected chi connectivity index (χ0v) is 18.9. The molecule has 0 unspecified atom stereocenters. The average Bonchev–Trinajstić information content (AvgIpc) is 3.20. The van der Waals surface area contributed by atoms with Gasteiger partial charge in [0.15, 0.2) is 0 Å². The van der Waals surface area contributed by atoms with Gasteiger partial charge < -0.3 is 10.2 Å². The van der Waals surface area contributed by atoms with Gasteiger partial charge in [-0.3, -0.25) is 9.36 Å². The number of hydrogen-bond acceptors (Lipinski definition) is 4. The zero-order valence-electron chi connectivity index (χ0n) is 16.5. The van der Waals surface area contributed by atoms with Crippen molar-refractivity contribution >= 4 is 51.1 Å². The van der Waals surface area contributed by atoms with Gasteiger partial charge >= 0.3 is 0 Å². The van der Waals surface area contributed by atoms with E-state index in [4.69, 9.17) is 11.6 Å². The van der Waals surface area contributed by atoms with Crippen LogP contribution in [0.1, 0.15) is 0 Å². The molecule has 8 heteroatoms. The van der Waals surface area contributed by atoms with Gasteiger partial charge in [-0.05, 0) is 42.0 Å². The number of aromatic nitrogens is 1. The van der Waals surface area contributed by atoms with E-state index in [-0.39, 0.29) is 23.8 Å². The quantitative estimate of drug-likeness (QED) is 0.434. The van der Waals surface area contributed by atoms with Crippen molar-refractivity contribution in [2.45, 2.75) is 0 Å². The van der Waals surface area contributed by atoms with Gasteiger partial charge in [0, 0.05) is 53.7 Å². The first-order valence-electron chi connectivity index (χ1n) is 9.77. The molecule has 0 radical (unpaired) electrons. The molecule has 160 valence electrons. The maximum atomic E-state index is 14.8. The largest absolute Gasteiger partial charge is 0.367 e. The van der Waals surface area contributed by atoms with Gasteiger partial charge in [0.25, 0.3) is 5.56 Å². The van der Waals surface area contributed by atoms with Crippen LogP contribution in [0.2, 0.25) is 5.02 Å². The molecule has 1 fully saturated rings. The van der Waals surface area contributed by atoms with Crippen molar-refractivity contribution in [2.75, 3.05) is 31.1 Å². The third-order valence-corrected chi connectivity index (χ3v) is 6.81. The molecule has 3 heterocycles. The maximum Gasteiger partial charge on any atom is 0.273 e. The van der Waals surface area contributed by atoms with E-state index in [1.165, 1.54) is 22.0 Å². The van der Waals surface area contributed by atoms with E-state index in [1.54, 1.807) is 18.3 Å². The summed E-state index contributed by atoms with van der Waals surface area (Å²) in [5.74, 6) is -0.311. The van der Waals surface area contributed by atoms with E-state index in [0.29, 0.717) is 21.1 Å².